The lowest BCUT2D eigenvalue weighted by Gasteiger charge is -2.36. The fourth-order valence-electron chi connectivity index (χ4n) is 8.69. The quantitative estimate of drug-likeness (QED) is 0.0645. The molecule has 2 unspecified atom stereocenters. The van der Waals surface area contributed by atoms with Gasteiger partial charge in [-0.2, -0.15) is 0 Å². The average molecular weight is 874 g/mol. The monoisotopic (exact) mass is 873 g/mol. The summed E-state index contributed by atoms with van der Waals surface area (Å²) in [4.78, 5) is 97.3. The zero-order valence-corrected chi connectivity index (χ0v) is 35.7. The number of ketones is 1. The number of carbonyl (C=O) groups excluding carboxylic acids is 6. The molecule has 2 aromatic carbocycles. The van der Waals surface area contributed by atoms with Gasteiger partial charge in [0.05, 0.1) is 27.1 Å². The number of halogens is 1. The normalized spacial score (nSPS) is 19.8. The van der Waals surface area contributed by atoms with E-state index in [2.05, 4.69) is 42.0 Å². The van der Waals surface area contributed by atoms with Gasteiger partial charge < -0.3 is 24.8 Å². The van der Waals surface area contributed by atoms with Crippen molar-refractivity contribution in [3.8, 4) is 5.75 Å². The van der Waals surface area contributed by atoms with Gasteiger partial charge in [0.2, 0.25) is 17.7 Å². The maximum atomic E-state index is 13.9. The minimum Gasteiger partial charge on any atom is -0.457 e. The van der Waals surface area contributed by atoms with Gasteiger partial charge in [-0.3, -0.25) is 43.9 Å². The average Bonchev–Trinajstić information content (AvgIpc) is 3.82. The van der Waals surface area contributed by atoms with Crippen molar-refractivity contribution in [2.45, 2.75) is 57.5 Å². The zero-order valence-electron chi connectivity index (χ0n) is 34.9. The van der Waals surface area contributed by atoms with Crippen molar-refractivity contribution in [3.63, 3.8) is 0 Å². The molecule has 3 N–H and O–H groups in total. The molecule has 17 heteroatoms. The smallest absolute Gasteiger partial charge is 0.262 e. The number of carbonyl (C=O) groups is 6. The summed E-state index contributed by atoms with van der Waals surface area (Å²) in [5.41, 5.74) is 2.51. The second-order valence-corrected chi connectivity index (χ2v) is 16.4. The largest absolute Gasteiger partial charge is 0.457 e. The molecule has 5 amide bonds. The molecule has 0 aliphatic carbocycles. The van der Waals surface area contributed by atoms with E-state index in [0.29, 0.717) is 78.5 Å². The summed E-state index contributed by atoms with van der Waals surface area (Å²) in [7, 11) is 0. The maximum Gasteiger partial charge on any atom is 0.262 e. The number of likely N-dealkylation sites (tertiary alicyclic amines) is 1. The molecule has 8 rings (SSSR count). The number of hydrogen-bond acceptors (Lipinski definition) is 12. The summed E-state index contributed by atoms with van der Waals surface area (Å²) in [5.74, 6) is -0.755. The Morgan fingerprint density at radius 3 is 2.56 bits per heavy atom. The van der Waals surface area contributed by atoms with E-state index in [1.54, 1.807) is 54.8 Å². The SMILES string of the molecule is C=C/C=C(\C=C/C)Oc1ccc(C(=O)c2c[nH]c3ncnc(NC4CCCN(C(=O)CCCN5CCN(c6ccc7c(c6)C(=O)N(C6CCC(=O)NC6=O)C7=O)CC5)C4)c23)c(Cl)c1. The number of aromatic amines is 1. The standard InChI is InChI=1S/C46H48ClN9O7/c1-3-7-30(8-4-2)63-31-12-14-33(36(47)24-31)41(59)35-25-48-42-40(35)43(50-27-49-42)51-28-9-5-18-55(26-28)39(58)10-6-17-53-19-21-54(22-20-53)29-11-13-32-34(23-29)46(62)56(45(32)61)37-15-16-38(57)52-44(37)60/h3-4,7-8,11-14,23-25,27-28,37H,1,5-6,9-10,15-22,26H2,2H3,(H,52,57,60)(H2,48,49,50,51)/b8-4-,30-7+. The Labute approximate surface area is 369 Å². The Morgan fingerprint density at radius 1 is 0.984 bits per heavy atom. The summed E-state index contributed by atoms with van der Waals surface area (Å²) >= 11 is 6.64. The van der Waals surface area contributed by atoms with Crippen LogP contribution in [0.2, 0.25) is 5.02 Å². The lowest BCUT2D eigenvalue weighted by atomic mass is 10.0. The molecule has 3 saturated heterocycles. The number of anilines is 2. The van der Waals surface area contributed by atoms with Crippen LogP contribution in [0, 0.1) is 0 Å². The van der Waals surface area contributed by atoms with Crippen molar-refractivity contribution in [2.24, 2.45) is 0 Å². The molecule has 3 fully saturated rings. The molecule has 4 aliphatic heterocycles. The molecule has 0 bridgehead atoms. The summed E-state index contributed by atoms with van der Waals surface area (Å²) < 4.78 is 5.91. The molecule has 0 radical (unpaired) electrons. The van der Waals surface area contributed by atoms with E-state index in [4.69, 9.17) is 16.3 Å². The van der Waals surface area contributed by atoms with E-state index in [0.717, 1.165) is 43.1 Å². The highest BCUT2D eigenvalue weighted by Gasteiger charge is 2.45. The number of nitrogens with one attached hydrogen (secondary N) is 3. The molecule has 0 saturated carbocycles. The third-order valence-electron chi connectivity index (χ3n) is 11.9. The number of aromatic nitrogens is 3. The van der Waals surface area contributed by atoms with Gasteiger partial charge in [-0.15, -0.1) is 0 Å². The Morgan fingerprint density at radius 2 is 1.79 bits per heavy atom. The van der Waals surface area contributed by atoms with Gasteiger partial charge in [-0.1, -0.05) is 30.3 Å². The molecule has 326 valence electrons. The van der Waals surface area contributed by atoms with Gasteiger partial charge in [0.1, 0.15) is 35.3 Å². The second kappa shape index (κ2) is 18.8. The Hall–Kier alpha value is -6.65. The first-order chi connectivity index (χ1) is 30.5. The van der Waals surface area contributed by atoms with Crippen molar-refractivity contribution in [3.05, 3.63) is 113 Å². The predicted molar refractivity (Wildman–Crippen MR) is 237 cm³/mol. The van der Waals surface area contributed by atoms with Gasteiger partial charge in [0.15, 0.2) is 5.78 Å². The first kappa shape index (κ1) is 43.0. The number of allylic oxidation sites excluding steroid dienone is 4. The minimum absolute atomic E-state index is 0.0684. The van der Waals surface area contributed by atoms with Crippen molar-refractivity contribution in [1.29, 1.82) is 0 Å². The molecule has 2 aromatic heterocycles. The Kier molecular flexibility index (Phi) is 12.8. The van der Waals surface area contributed by atoms with Crippen molar-refractivity contribution in [2.75, 3.05) is 56.0 Å². The van der Waals surface area contributed by atoms with Crippen LogP contribution >= 0.6 is 11.6 Å². The van der Waals surface area contributed by atoms with Crippen molar-refractivity contribution in [1.82, 2.24) is 35.0 Å². The lowest BCUT2D eigenvalue weighted by Crippen LogP contribution is -2.54. The Balaban J connectivity index is 0.825. The number of amides is 5. The number of hydrogen-bond donors (Lipinski definition) is 3. The van der Waals surface area contributed by atoms with E-state index in [9.17, 15) is 28.8 Å². The van der Waals surface area contributed by atoms with Gasteiger partial charge in [0.25, 0.3) is 11.8 Å². The topological polar surface area (TPSA) is 190 Å². The number of piperazine rings is 1. The molecule has 2 atom stereocenters. The highest BCUT2D eigenvalue weighted by atomic mass is 35.5. The third-order valence-corrected chi connectivity index (χ3v) is 12.2. The molecule has 4 aliphatic rings. The number of H-pyrrole nitrogens is 1. The molecule has 16 nitrogen and oxygen atoms in total. The van der Waals surface area contributed by atoms with Crippen molar-refractivity contribution >= 4 is 69.5 Å². The number of imide groups is 2. The first-order valence-corrected chi connectivity index (χ1v) is 21.6. The number of benzene rings is 2. The van der Waals surface area contributed by atoms with E-state index in [1.807, 2.05) is 24.0 Å². The van der Waals surface area contributed by atoms with Crippen molar-refractivity contribution < 1.29 is 33.5 Å². The number of nitrogens with zero attached hydrogens (tertiary/aromatic N) is 6. The van der Waals surface area contributed by atoms with Gasteiger partial charge in [0, 0.05) is 81.7 Å². The van der Waals surface area contributed by atoms with Gasteiger partial charge in [-0.25, -0.2) is 9.97 Å². The van der Waals surface area contributed by atoms with Crippen LogP contribution in [0.25, 0.3) is 11.0 Å². The second-order valence-electron chi connectivity index (χ2n) is 16.0. The van der Waals surface area contributed by atoms with E-state index >= 15 is 0 Å². The molecular weight excluding hydrogens is 826 g/mol. The van der Waals surface area contributed by atoms with E-state index in [-0.39, 0.29) is 46.7 Å². The Bertz CT molecular complexity index is 2560. The van der Waals surface area contributed by atoms with Crippen LogP contribution in [0.3, 0.4) is 0 Å². The summed E-state index contributed by atoms with van der Waals surface area (Å²) in [6.07, 6.45) is 13.0. The fraction of sp³-hybridized carbons (Fsp3) is 0.348. The highest BCUT2D eigenvalue weighted by molar-refractivity contribution is 6.36. The van der Waals surface area contributed by atoms with Crippen LogP contribution in [0.15, 0.2) is 85.6 Å². The molecular formula is C46H48ClN9O7. The van der Waals surface area contributed by atoms with Gasteiger partial charge >= 0.3 is 0 Å². The highest BCUT2D eigenvalue weighted by Crippen LogP contribution is 2.33. The molecule has 63 heavy (non-hydrogen) atoms. The first-order valence-electron chi connectivity index (χ1n) is 21.2. The number of rotatable bonds is 14. The summed E-state index contributed by atoms with van der Waals surface area (Å²) in [6.45, 7) is 10.5. The maximum absolute atomic E-state index is 13.9. The van der Waals surface area contributed by atoms with Crippen LogP contribution in [0.4, 0.5) is 11.5 Å². The van der Waals surface area contributed by atoms with E-state index < -0.39 is 29.7 Å². The van der Waals surface area contributed by atoms with Crippen LogP contribution < -0.4 is 20.3 Å². The molecule has 4 aromatic rings. The van der Waals surface area contributed by atoms with Crippen LogP contribution in [0.1, 0.15) is 82.1 Å². The van der Waals surface area contributed by atoms with Gasteiger partial charge in [-0.05, 0) is 81.6 Å². The number of fused-ring (bicyclic) bond motifs is 2. The fourth-order valence-corrected chi connectivity index (χ4v) is 8.95. The van der Waals surface area contributed by atoms with Crippen LogP contribution in [-0.4, -0.2) is 123 Å². The molecule has 0 spiro atoms. The van der Waals surface area contributed by atoms with Crippen LogP contribution in [0.5, 0.6) is 5.75 Å². The summed E-state index contributed by atoms with van der Waals surface area (Å²) in [5, 5.41) is 6.51. The zero-order chi connectivity index (χ0) is 44.2. The summed E-state index contributed by atoms with van der Waals surface area (Å²) in [6, 6.07) is 9.02. The number of ether oxygens (including phenoxy) is 1. The lowest BCUT2D eigenvalue weighted by molar-refractivity contribution is -0.136. The minimum atomic E-state index is -1.00. The predicted octanol–water partition coefficient (Wildman–Crippen LogP) is 5.27. The third kappa shape index (κ3) is 9.13. The molecule has 6 heterocycles. The number of piperidine rings is 2. The van der Waals surface area contributed by atoms with Crippen LogP contribution in [-0.2, 0) is 14.4 Å². The van der Waals surface area contributed by atoms with E-state index in [1.165, 1.54) is 6.33 Å².